The predicted molar refractivity (Wildman–Crippen MR) is 88.0 cm³/mol. The maximum absolute atomic E-state index is 3.78. The third-order valence-corrected chi connectivity index (χ3v) is 6.31. The van der Waals surface area contributed by atoms with Gasteiger partial charge in [-0.1, -0.05) is 41.0 Å². The zero-order valence-corrected chi connectivity index (χ0v) is 14.5. The molecule has 0 amide bonds. The lowest BCUT2D eigenvalue weighted by Crippen LogP contribution is -2.47. The summed E-state index contributed by atoms with van der Waals surface area (Å²) in [5, 5.41) is 3.78. The first-order valence-electron chi connectivity index (χ1n) is 8.86. The van der Waals surface area contributed by atoms with E-state index >= 15 is 0 Å². The molecular formula is C18H36N2. The van der Waals surface area contributed by atoms with Crippen molar-refractivity contribution in [3.05, 3.63) is 0 Å². The summed E-state index contributed by atoms with van der Waals surface area (Å²) in [6.45, 7) is 17.1. The van der Waals surface area contributed by atoms with Crippen molar-refractivity contribution in [2.45, 2.75) is 72.8 Å². The lowest BCUT2D eigenvalue weighted by atomic mass is 9.78. The van der Waals surface area contributed by atoms with Crippen molar-refractivity contribution in [1.82, 2.24) is 10.2 Å². The monoisotopic (exact) mass is 280 g/mol. The van der Waals surface area contributed by atoms with Gasteiger partial charge >= 0.3 is 0 Å². The summed E-state index contributed by atoms with van der Waals surface area (Å²) in [6.07, 6.45) is 6.93. The third kappa shape index (κ3) is 3.57. The standard InChI is InChI=1S/C18H36N2/c1-6-18(5)10-12-20(13-11-18)14-15-8-9-17(3,4)16(15)19-7-2/h15-16,19H,6-14H2,1-5H3. The van der Waals surface area contributed by atoms with Crippen molar-refractivity contribution in [2.24, 2.45) is 16.7 Å². The maximum Gasteiger partial charge on any atom is 0.0159 e. The number of piperidine rings is 1. The van der Waals surface area contributed by atoms with Crippen LogP contribution in [-0.4, -0.2) is 37.1 Å². The Hall–Kier alpha value is -0.0800. The number of nitrogens with one attached hydrogen (secondary N) is 1. The summed E-state index contributed by atoms with van der Waals surface area (Å²) < 4.78 is 0. The van der Waals surface area contributed by atoms with E-state index in [9.17, 15) is 0 Å². The van der Waals surface area contributed by atoms with Crippen LogP contribution in [0.4, 0.5) is 0 Å². The molecule has 2 rings (SSSR count). The van der Waals surface area contributed by atoms with Crippen LogP contribution in [0.15, 0.2) is 0 Å². The average molecular weight is 280 g/mol. The molecule has 1 aliphatic heterocycles. The first kappa shape index (κ1) is 16.3. The Bertz CT molecular complexity index is 303. The van der Waals surface area contributed by atoms with Crippen LogP contribution in [-0.2, 0) is 0 Å². The summed E-state index contributed by atoms with van der Waals surface area (Å²) in [4.78, 5) is 2.74. The maximum atomic E-state index is 3.78. The minimum absolute atomic E-state index is 0.481. The van der Waals surface area contributed by atoms with Crippen LogP contribution in [0.25, 0.3) is 0 Å². The second-order valence-electron chi connectivity index (χ2n) is 8.29. The Balaban J connectivity index is 1.88. The highest BCUT2D eigenvalue weighted by molar-refractivity contribution is 4.97. The van der Waals surface area contributed by atoms with E-state index in [1.165, 1.54) is 51.7 Å². The smallest absolute Gasteiger partial charge is 0.0159 e. The van der Waals surface area contributed by atoms with E-state index in [0.29, 0.717) is 16.9 Å². The molecule has 118 valence electrons. The number of hydrogen-bond acceptors (Lipinski definition) is 2. The molecule has 20 heavy (non-hydrogen) atoms. The summed E-state index contributed by atoms with van der Waals surface area (Å²) >= 11 is 0. The van der Waals surface area contributed by atoms with Crippen molar-refractivity contribution >= 4 is 0 Å². The highest BCUT2D eigenvalue weighted by atomic mass is 15.1. The van der Waals surface area contributed by atoms with Gasteiger partial charge in [-0.05, 0) is 62.1 Å². The van der Waals surface area contributed by atoms with Crippen LogP contribution in [0, 0.1) is 16.7 Å². The average Bonchev–Trinajstić information content (AvgIpc) is 2.70. The zero-order valence-electron chi connectivity index (χ0n) is 14.5. The molecule has 2 atom stereocenters. The van der Waals surface area contributed by atoms with Crippen molar-refractivity contribution in [1.29, 1.82) is 0 Å². The summed E-state index contributed by atoms with van der Waals surface area (Å²) in [7, 11) is 0. The van der Waals surface area contributed by atoms with E-state index in [1.807, 2.05) is 0 Å². The van der Waals surface area contributed by atoms with Crippen molar-refractivity contribution in [3.63, 3.8) is 0 Å². The molecule has 2 aliphatic rings. The van der Waals surface area contributed by atoms with Crippen LogP contribution in [0.2, 0.25) is 0 Å². The van der Waals surface area contributed by atoms with E-state index in [4.69, 9.17) is 0 Å². The van der Waals surface area contributed by atoms with Crippen LogP contribution in [0.5, 0.6) is 0 Å². The third-order valence-electron chi connectivity index (χ3n) is 6.31. The molecule has 2 unspecified atom stereocenters. The SMILES string of the molecule is CCNC1C(CN2CCC(C)(CC)CC2)CCC1(C)C. The van der Waals surface area contributed by atoms with Gasteiger partial charge in [0.1, 0.15) is 0 Å². The molecule has 2 nitrogen and oxygen atoms in total. The molecule has 0 spiro atoms. The fourth-order valence-corrected chi connectivity index (χ4v) is 4.34. The molecule has 1 heterocycles. The van der Waals surface area contributed by atoms with Gasteiger partial charge in [-0.25, -0.2) is 0 Å². The van der Waals surface area contributed by atoms with Crippen LogP contribution >= 0.6 is 0 Å². The Morgan fingerprint density at radius 3 is 2.25 bits per heavy atom. The van der Waals surface area contributed by atoms with Gasteiger partial charge in [-0.3, -0.25) is 0 Å². The predicted octanol–water partition coefficient (Wildman–Crippen LogP) is 3.91. The molecule has 1 saturated heterocycles. The minimum Gasteiger partial charge on any atom is -0.313 e. The van der Waals surface area contributed by atoms with Gasteiger partial charge in [-0.15, -0.1) is 0 Å². The largest absolute Gasteiger partial charge is 0.313 e. The van der Waals surface area contributed by atoms with Gasteiger partial charge in [0.2, 0.25) is 0 Å². The summed E-state index contributed by atoms with van der Waals surface area (Å²) in [6, 6.07) is 0.715. The van der Waals surface area contributed by atoms with Gasteiger partial charge in [0.05, 0.1) is 0 Å². The van der Waals surface area contributed by atoms with Gasteiger partial charge < -0.3 is 10.2 Å². The highest BCUT2D eigenvalue weighted by Crippen LogP contribution is 2.42. The molecule has 1 saturated carbocycles. The molecule has 1 aliphatic carbocycles. The Labute approximate surface area is 126 Å². The molecule has 2 heteroatoms. The fourth-order valence-electron chi connectivity index (χ4n) is 4.34. The highest BCUT2D eigenvalue weighted by Gasteiger charge is 2.42. The van der Waals surface area contributed by atoms with Crippen molar-refractivity contribution < 1.29 is 0 Å². The topological polar surface area (TPSA) is 15.3 Å². The first-order valence-corrected chi connectivity index (χ1v) is 8.86. The number of rotatable bonds is 5. The summed E-state index contributed by atoms with van der Waals surface area (Å²) in [5.74, 6) is 0.857. The van der Waals surface area contributed by atoms with Gasteiger partial charge in [-0.2, -0.15) is 0 Å². The molecule has 0 bridgehead atoms. The van der Waals surface area contributed by atoms with E-state index in [1.54, 1.807) is 0 Å². The van der Waals surface area contributed by atoms with E-state index in [0.717, 1.165) is 12.5 Å². The molecule has 0 radical (unpaired) electrons. The molecule has 2 fully saturated rings. The van der Waals surface area contributed by atoms with E-state index in [2.05, 4.69) is 44.8 Å². The van der Waals surface area contributed by atoms with Gasteiger partial charge in [0.15, 0.2) is 0 Å². The van der Waals surface area contributed by atoms with E-state index in [-0.39, 0.29) is 0 Å². The quantitative estimate of drug-likeness (QED) is 0.821. The second-order valence-corrected chi connectivity index (χ2v) is 8.29. The normalized spacial score (nSPS) is 33.5. The van der Waals surface area contributed by atoms with Crippen LogP contribution < -0.4 is 5.32 Å². The second kappa shape index (κ2) is 6.36. The number of likely N-dealkylation sites (tertiary alicyclic amines) is 1. The molecular weight excluding hydrogens is 244 g/mol. The molecule has 0 aromatic heterocycles. The Kier molecular flexibility index (Phi) is 5.18. The Morgan fingerprint density at radius 1 is 1.05 bits per heavy atom. The number of hydrogen-bond donors (Lipinski definition) is 1. The van der Waals surface area contributed by atoms with Crippen LogP contribution in [0.1, 0.15) is 66.7 Å². The zero-order chi connectivity index (χ0) is 14.8. The molecule has 1 N–H and O–H groups in total. The van der Waals surface area contributed by atoms with Crippen LogP contribution in [0.3, 0.4) is 0 Å². The van der Waals surface area contributed by atoms with Gasteiger partial charge in [0.25, 0.3) is 0 Å². The first-order chi connectivity index (χ1) is 9.40. The molecule has 0 aromatic carbocycles. The Morgan fingerprint density at radius 2 is 1.70 bits per heavy atom. The molecule has 0 aromatic rings. The van der Waals surface area contributed by atoms with Crippen molar-refractivity contribution in [2.75, 3.05) is 26.2 Å². The lowest BCUT2D eigenvalue weighted by molar-refractivity contribution is 0.0931. The summed E-state index contributed by atoms with van der Waals surface area (Å²) in [5.41, 5.74) is 1.10. The lowest BCUT2D eigenvalue weighted by Gasteiger charge is -2.41. The number of nitrogens with zero attached hydrogens (tertiary/aromatic N) is 1. The van der Waals surface area contributed by atoms with E-state index < -0.39 is 0 Å². The van der Waals surface area contributed by atoms with Crippen molar-refractivity contribution in [3.8, 4) is 0 Å². The van der Waals surface area contributed by atoms with Gasteiger partial charge in [0, 0.05) is 12.6 Å². The minimum atomic E-state index is 0.481. The fraction of sp³-hybridized carbons (Fsp3) is 1.00.